The molecule has 1 N–H and O–H groups in total. The van der Waals surface area contributed by atoms with Crippen molar-refractivity contribution in [1.29, 1.82) is 0 Å². The Labute approximate surface area is 223 Å². The molecule has 3 amide bonds. The molecule has 5 rings (SSSR count). The molecule has 1 aromatic rings. The van der Waals surface area contributed by atoms with E-state index < -0.39 is 35.1 Å². The van der Waals surface area contributed by atoms with Crippen LogP contribution >= 0.6 is 0 Å². The molecule has 1 spiro atoms. The molecule has 6 atom stereocenters. The number of carbonyl (C=O) groups is 3. The quantitative estimate of drug-likeness (QED) is 0.550. The summed E-state index contributed by atoms with van der Waals surface area (Å²) in [6, 6.07) is 5.51. The molecule has 4 aliphatic rings. The van der Waals surface area contributed by atoms with Crippen molar-refractivity contribution in [3.8, 4) is 5.75 Å². The number of aliphatic hydroxyl groups excluding tert-OH is 1. The summed E-state index contributed by atoms with van der Waals surface area (Å²) in [5, 5.41) is 10.1. The zero-order chi connectivity index (χ0) is 27.2. The Morgan fingerprint density at radius 1 is 1.03 bits per heavy atom. The third-order valence-electron chi connectivity index (χ3n) is 8.58. The van der Waals surface area contributed by atoms with E-state index in [1.54, 1.807) is 48.1 Å². The van der Waals surface area contributed by atoms with E-state index in [9.17, 15) is 19.5 Å². The van der Waals surface area contributed by atoms with Gasteiger partial charge in [-0.05, 0) is 44.0 Å². The number of rotatable bonds is 7. The minimum absolute atomic E-state index is 0.122. The summed E-state index contributed by atoms with van der Waals surface area (Å²) >= 11 is 0. The molecular weight excluding hydrogens is 486 g/mol. The van der Waals surface area contributed by atoms with Crippen LogP contribution in [0, 0.1) is 11.8 Å². The second-order valence-corrected chi connectivity index (χ2v) is 10.6. The van der Waals surface area contributed by atoms with Gasteiger partial charge < -0.3 is 29.3 Å². The molecule has 0 aliphatic carbocycles. The molecule has 1 unspecified atom stereocenters. The summed E-state index contributed by atoms with van der Waals surface area (Å²) in [6.07, 6.45) is 8.87. The Morgan fingerprint density at radius 3 is 2.37 bits per heavy atom. The SMILES string of the molecule is CCCN1CC=C[C@@]2(CC)O[C@]34C=CCN(c5ccc(OC)cc5)C(=O)C3N([C@H](C)CO)C(=O)[C@@H]4[C@H]2C1=O. The molecule has 4 heterocycles. The number of aliphatic hydroxyl groups is 1. The molecule has 0 radical (unpaired) electrons. The van der Waals surface area contributed by atoms with Crippen LogP contribution in [0.2, 0.25) is 0 Å². The van der Waals surface area contributed by atoms with Gasteiger partial charge >= 0.3 is 0 Å². The third kappa shape index (κ3) is 3.70. The van der Waals surface area contributed by atoms with Gasteiger partial charge in [0.1, 0.15) is 17.4 Å². The van der Waals surface area contributed by atoms with E-state index in [1.165, 1.54) is 4.90 Å². The maximum Gasteiger partial charge on any atom is 0.253 e. The number of nitrogens with zero attached hydrogens (tertiary/aromatic N) is 3. The first-order valence-electron chi connectivity index (χ1n) is 13.5. The van der Waals surface area contributed by atoms with Crippen LogP contribution in [-0.4, -0.2) is 89.3 Å². The zero-order valence-electron chi connectivity index (χ0n) is 22.5. The number of hydrogen-bond acceptors (Lipinski definition) is 6. The van der Waals surface area contributed by atoms with Gasteiger partial charge in [-0.25, -0.2) is 0 Å². The van der Waals surface area contributed by atoms with E-state index in [2.05, 4.69) is 0 Å². The van der Waals surface area contributed by atoms with Gasteiger partial charge in [0.15, 0.2) is 0 Å². The number of methoxy groups -OCH3 is 1. The van der Waals surface area contributed by atoms with Gasteiger partial charge in [-0.15, -0.1) is 0 Å². The van der Waals surface area contributed by atoms with Crippen LogP contribution in [0.5, 0.6) is 5.75 Å². The highest BCUT2D eigenvalue weighted by Crippen LogP contribution is 2.59. The minimum atomic E-state index is -1.34. The van der Waals surface area contributed by atoms with E-state index in [4.69, 9.17) is 9.47 Å². The van der Waals surface area contributed by atoms with E-state index in [0.29, 0.717) is 30.9 Å². The Morgan fingerprint density at radius 2 is 1.74 bits per heavy atom. The summed E-state index contributed by atoms with van der Waals surface area (Å²) in [4.78, 5) is 47.6. The van der Waals surface area contributed by atoms with Crippen LogP contribution in [0.25, 0.3) is 0 Å². The first kappa shape index (κ1) is 26.4. The maximum absolute atomic E-state index is 14.4. The lowest BCUT2D eigenvalue weighted by Gasteiger charge is -2.40. The lowest BCUT2D eigenvalue weighted by molar-refractivity contribution is -0.152. The van der Waals surface area contributed by atoms with E-state index in [-0.39, 0.29) is 30.9 Å². The first-order chi connectivity index (χ1) is 18.3. The van der Waals surface area contributed by atoms with Gasteiger partial charge in [0.2, 0.25) is 11.8 Å². The van der Waals surface area contributed by atoms with E-state index in [1.807, 2.05) is 38.2 Å². The number of hydrogen-bond donors (Lipinski definition) is 1. The van der Waals surface area contributed by atoms with Gasteiger partial charge in [0.05, 0.1) is 37.2 Å². The molecule has 9 nitrogen and oxygen atoms in total. The van der Waals surface area contributed by atoms with Gasteiger partial charge in [0.25, 0.3) is 5.91 Å². The second-order valence-electron chi connectivity index (χ2n) is 10.6. The van der Waals surface area contributed by atoms with Crippen molar-refractivity contribution >= 4 is 23.4 Å². The average Bonchev–Trinajstić information content (AvgIpc) is 3.23. The van der Waals surface area contributed by atoms with Crippen LogP contribution in [-0.2, 0) is 19.1 Å². The highest BCUT2D eigenvalue weighted by atomic mass is 16.5. The fourth-order valence-electron chi connectivity index (χ4n) is 6.78. The normalized spacial score (nSPS) is 33.1. The molecule has 9 heteroatoms. The molecule has 0 saturated carbocycles. The smallest absolute Gasteiger partial charge is 0.253 e. The topological polar surface area (TPSA) is 99.6 Å². The van der Waals surface area contributed by atoms with Gasteiger partial charge in [-0.2, -0.15) is 0 Å². The molecule has 4 aliphatic heterocycles. The molecular formula is C29H37N3O6. The van der Waals surface area contributed by atoms with Crippen molar-refractivity contribution in [2.24, 2.45) is 11.8 Å². The predicted octanol–water partition coefficient (Wildman–Crippen LogP) is 2.15. The first-order valence-corrected chi connectivity index (χ1v) is 13.5. The molecule has 2 fully saturated rings. The summed E-state index contributed by atoms with van der Waals surface area (Å²) in [7, 11) is 1.58. The van der Waals surface area contributed by atoms with Gasteiger partial charge in [0, 0.05) is 25.3 Å². The number of likely N-dealkylation sites (tertiary alicyclic amines) is 1. The zero-order valence-corrected chi connectivity index (χ0v) is 22.5. The van der Waals surface area contributed by atoms with Crippen molar-refractivity contribution in [2.75, 3.05) is 38.3 Å². The van der Waals surface area contributed by atoms with Crippen molar-refractivity contribution in [3.63, 3.8) is 0 Å². The number of benzene rings is 1. The van der Waals surface area contributed by atoms with E-state index >= 15 is 0 Å². The monoisotopic (exact) mass is 523 g/mol. The Bertz CT molecular complexity index is 1170. The number of ether oxygens (including phenoxy) is 2. The van der Waals surface area contributed by atoms with E-state index in [0.717, 1.165) is 6.42 Å². The molecule has 2 saturated heterocycles. The fourth-order valence-corrected chi connectivity index (χ4v) is 6.78. The number of carbonyl (C=O) groups excluding carboxylic acids is 3. The second kappa shape index (κ2) is 9.85. The third-order valence-corrected chi connectivity index (χ3v) is 8.58. The molecule has 1 aromatic carbocycles. The summed E-state index contributed by atoms with van der Waals surface area (Å²) in [5.74, 6) is -1.74. The fraction of sp³-hybridized carbons (Fsp3) is 0.552. The lowest BCUT2D eigenvalue weighted by Crippen LogP contribution is -2.58. The Kier molecular flexibility index (Phi) is 6.86. The summed E-state index contributed by atoms with van der Waals surface area (Å²) in [6.45, 7) is 6.70. The maximum atomic E-state index is 14.4. The Balaban J connectivity index is 1.65. The van der Waals surface area contributed by atoms with Crippen LogP contribution in [0.4, 0.5) is 5.69 Å². The lowest BCUT2D eigenvalue weighted by atomic mass is 9.73. The van der Waals surface area contributed by atoms with Gasteiger partial charge in [-0.1, -0.05) is 38.2 Å². The highest BCUT2D eigenvalue weighted by Gasteiger charge is 2.75. The Hall–Kier alpha value is -3.17. The van der Waals surface area contributed by atoms with Crippen molar-refractivity contribution in [2.45, 2.75) is 56.9 Å². The van der Waals surface area contributed by atoms with Crippen LogP contribution in [0.15, 0.2) is 48.6 Å². The molecule has 204 valence electrons. The number of anilines is 1. The van der Waals surface area contributed by atoms with Crippen LogP contribution in [0.3, 0.4) is 0 Å². The average molecular weight is 524 g/mol. The van der Waals surface area contributed by atoms with Crippen molar-refractivity contribution in [3.05, 3.63) is 48.6 Å². The highest BCUT2D eigenvalue weighted by molar-refractivity contribution is 6.06. The molecule has 38 heavy (non-hydrogen) atoms. The minimum Gasteiger partial charge on any atom is -0.497 e. The number of amides is 3. The molecule has 0 bridgehead atoms. The standard InChI is InChI=1S/C29H37N3O6/c1-5-15-30-16-7-13-28(6-2)22(25(30)34)23-26(35)32(19(3)18-33)24-27(36)31(17-8-14-29(23,24)38-28)20-9-11-21(37-4)12-10-20/h7-14,19,22-24,33H,5-6,15-18H2,1-4H3/t19-,22+,23+,24?,28-,29+/m1/s1. The van der Waals surface area contributed by atoms with Gasteiger partial charge in [-0.3, -0.25) is 14.4 Å². The largest absolute Gasteiger partial charge is 0.497 e. The van der Waals surface area contributed by atoms with Crippen molar-refractivity contribution < 1.29 is 29.0 Å². The number of fused-ring (bicyclic) bond motifs is 2. The summed E-state index contributed by atoms with van der Waals surface area (Å²) in [5.41, 5.74) is -1.69. The molecule has 0 aromatic heterocycles. The predicted molar refractivity (Wildman–Crippen MR) is 141 cm³/mol. The van der Waals surface area contributed by atoms with Crippen LogP contribution in [0.1, 0.15) is 33.6 Å². The van der Waals surface area contributed by atoms with Crippen molar-refractivity contribution in [1.82, 2.24) is 9.80 Å². The summed E-state index contributed by atoms with van der Waals surface area (Å²) < 4.78 is 12.2. The van der Waals surface area contributed by atoms with Crippen LogP contribution < -0.4 is 9.64 Å².